The van der Waals surface area contributed by atoms with E-state index in [2.05, 4.69) is 0 Å². The maximum atomic E-state index is 10.7. The summed E-state index contributed by atoms with van der Waals surface area (Å²) < 4.78 is 0. The van der Waals surface area contributed by atoms with Crippen molar-refractivity contribution in [3.05, 3.63) is 0 Å². The van der Waals surface area contributed by atoms with Gasteiger partial charge in [0.15, 0.2) is 0 Å². The number of rotatable bonds is 5. The second kappa shape index (κ2) is 4.25. The van der Waals surface area contributed by atoms with Crippen LogP contribution in [0.3, 0.4) is 0 Å². The SMILES string of the molecule is C[C@H](CC(=O)O)CC(C)(C)C(=O)O. The van der Waals surface area contributed by atoms with E-state index in [9.17, 15) is 9.59 Å². The number of hydrogen-bond acceptors (Lipinski definition) is 2. The zero-order valence-corrected chi connectivity index (χ0v) is 8.20. The van der Waals surface area contributed by atoms with Gasteiger partial charge in [-0.05, 0) is 26.2 Å². The zero-order chi connectivity index (χ0) is 10.6. The molecule has 0 aromatic rings. The minimum atomic E-state index is -0.885. The standard InChI is InChI=1S/C9H16O4/c1-6(4-7(10)11)5-9(2,3)8(12)13/h6H,4-5H2,1-3H3,(H,10,11)(H,12,13)/t6-/m1/s1. The van der Waals surface area contributed by atoms with Crippen LogP contribution in [0.2, 0.25) is 0 Å². The Bertz CT molecular complexity index is 208. The van der Waals surface area contributed by atoms with Crippen LogP contribution in [0.5, 0.6) is 0 Å². The van der Waals surface area contributed by atoms with Crippen molar-refractivity contribution in [1.82, 2.24) is 0 Å². The summed E-state index contributed by atoms with van der Waals surface area (Å²) in [6.45, 7) is 4.96. The lowest BCUT2D eigenvalue weighted by atomic mass is 9.82. The second-order valence-corrected chi connectivity index (χ2v) is 4.10. The Kier molecular flexibility index (Phi) is 3.91. The first-order valence-corrected chi connectivity index (χ1v) is 4.21. The van der Waals surface area contributed by atoms with E-state index in [1.807, 2.05) is 0 Å². The summed E-state index contributed by atoms with van der Waals surface area (Å²) in [5.41, 5.74) is -0.838. The Labute approximate surface area is 77.6 Å². The molecule has 0 aliphatic carbocycles. The molecule has 2 N–H and O–H groups in total. The fourth-order valence-corrected chi connectivity index (χ4v) is 1.33. The van der Waals surface area contributed by atoms with E-state index in [0.717, 1.165) is 0 Å². The van der Waals surface area contributed by atoms with Gasteiger partial charge in [0.25, 0.3) is 0 Å². The largest absolute Gasteiger partial charge is 0.481 e. The van der Waals surface area contributed by atoms with Gasteiger partial charge in [-0.1, -0.05) is 6.92 Å². The third kappa shape index (κ3) is 4.50. The molecule has 0 aromatic heterocycles. The lowest BCUT2D eigenvalue weighted by Crippen LogP contribution is -2.26. The van der Waals surface area contributed by atoms with Gasteiger partial charge < -0.3 is 10.2 Å². The number of carboxylic acids is 2. The monoisotopic (exact) mass is 188 g/mol. The number of aliphatic carboxylic acids is 2. The van der Waals surface area contributed by atoms with Crippen LogP contribution >= 0.6 is 0 Å². The summed E-state index contributed by atoms with van der Waals surface area (Å²) in [6, 6.07) is 0. The summed E-state index contributed by atoms with van der Waals surface area (Å²) in [4.78, 5) is 21.0. The highest BCUT2D eigenvalue weighted by Gasteiger charge is 2.29. The van der Waals surface area contributed by atoms with Gasteiger partial charge in [-0.15, -0.1) is 0 Å². The fraction of sp³-hybridized carbons (Fsp3) is 0.778. The van der Waals surface area contributed by atoms with E-state index in [1.165, 1.54) is 0 Å². The first-order valence-electron chi connectivity index (χ1n) is 4.21. The van der Waals surface area contributed by atoms with E-state index in [0.29, 0.717) is 6.42 Å². The van der Waals surface area contributed by atoms with Gasteiger partial charge in [0.1, 0.15) is 0 Å². The number of hydrogen-bond donors (Lipinski definition) is 2. The molecule has 0 aliphatic rings. The van der Waals surface area contributed by atoms with Gasteiger partial charge in [-0.25, -0.2) is 0 Å². The molecule has 4 nitrogen and oxygen atoms in total. The van der Waals surface area contributed by atoms with Gasteiger partial charge in [0.2, 0.25) is 0 Å². The molecule has 0 aliphatic heterocycles. The zero-order valence-electron chi connectivity index (χ0n) is 8.20. The van der Waals surface area contributed by atoms with E-state index < -0.39 is 17.4 Å². The Balaban J connectivity index is 4.11. The fourth-order valence-electron chi connectivity index (χ4n) is 1.33. The first-order chi connectivity index (χ1) is 5.75. The van der Waals surface area contributed by atoms with Crippen molar-refractivity contribution in [2.75, 3.05) is 0 Å². The smallest absolute Gasteiger partial charge is 0.309 e. The van der Waals surface area contributed by atoms with Crippen LogP contribution in [0.15, 0.2) is 0 Å². The van der Waals surface area contributed by atoms with E-state index in [4.69, 9.17) is 10.2 Å². The highest BCUT2D eigenvalue weighted by molar-refractivity contribution is 5.73. The van der Waals surface area contributed by atoms with Crippen molar-refractivity contribution < 1.29 is 19.8 Å². The summed E-state index contributed by atoms with van der Waals surface area (Å²) >= 11 is 0. The molecule has 0 spiro atoms. The Morgan fingerprint density at radius 1 is 1.31 bits per heavy atom. The molecule has 0 fully saturated rings. The molecule has 1 atom stereocenters. The van der Waals surface area contributed by atoms with Gasteiger partial charge in [0.05, 0.1) is 5.41 Å². The van der Waals surface area contributed by atoms with Gasteiger partial charge in [-0.2, -0.15) is 0 Å². The van der Waals surface area contributed by atoms with Crippen LogP contribution in [0.4, 0.5) is 0 Å². The van der Waals surface area contributed by atoms with Gasteiger partial charge in [0, 0.05) is 6.42 Å². The van der Waals surface area contributed by atoms with Crippen LogP contribution in [-0.2, 0) is 9.59 Å². The van der Waals surface area contributed by atoms with E-state index >= 15 is 0 Å². The number of carbonyl (C=O) groups is 2. The second-order valence-electron chi connectivity index (χ2n) is 4.10. The lowest BCUT2D eigenvalue weighted by Gasteiger charge is -2.22. The van der Waals surface area contributed by atoms with Crippen LogP contribution in [0.25, 0.3) is 0 Å². The van der Waals surface area contributed by atoms with Crippen molar-refractivity contribution in [3.8, 4) is 0 Å². The number of carboxylic acid groups (broad SMARTS) is 2. The van der Waals surface area contributed by atoms with Crippen molar-refractivity contribution in [1.29, 1.82) is 0 Å². The predicted octanol–water partition coefficient (Wildman–Crippen LogP) is 1.60. The Morgan fingerprint density at radius 3 is 2.08 bits per heavy atom. The van der Waals surface area contributed by atoms with Crippen molar-refractivity contribution >= 4 is 11.9 Å². The molecule has 0 radical (unpaired) electrons. The van der Waals surface area contributed by atoms with Crippen LogP contribution in [0, 0.1) is 11.3 Å². The molecule has 0 heterocycles. The van der Waals surface area contributed by atoms with Crippen LogP contribution in [0.1, 0.15) is 33.6 Å². The molecule has 76 valence electrons. The highest BCUT2D eigenvalue weighted by Crippen LogP contribution is 2.27. The van der Waals surface area contributed by atoms with Gasteiger partial charge in [-0.3, -0.25) is 9.59 Å². The molecule has 0 amide bonds. The average molecular weight is 188 g/mol. The highest BCUT2D eigenvalue weighted by atomic mass is 16.4. The van der Waals surface area contributed by atoms with Crippen LogP contribution in [-0.4, -0.2) is 22.2 Å². The summed E-state index contributed by atoms with van der Waals surface area (Å²) in [7, 11) is 0. The molecule has 0 unspecified atom stereocenters. The molecule has 0 saturated heterocycles. The maximum Gasteiger partial charge on any atom is 0.309 e. The van der Waals surface area contributed by atoms with Crippen molar-refractivity contribution in [3.63, 3.8) is 0 Å². The third-order valence-corrected chi connectivity index (χ3v) is 1.96. The summed E-state index contributed by atoms with van der Waals surface area (Å²) in [5.74, 6) is -1.87. The quantitative estimate of drug-likeness (QED) is 0.687. The Hall–Kier alpha value is -1.06. The lowest BCUT2D eigenvalue weighted by molar-refractivity contribution is -0.149. The molecule has 0 rings (SSSR count). The predicted molar refractivity (Wildman–Crippen MR) is 47.5 cm³/mol. The van der Waals surface area contributed by atoms with Gasteiger partial charge >= 0.3 is 11.9 Å². The average Bonchev–Trinajstić information content (AvgIpc) is 1.82. The molecule has 4 heteroatoms. The van der Waals surface area contributed by atoms with E-state index in [1.54, 1.807) is 20.8 Å². The third-order valence-electron chi connectivity index (χ3n) is 1.96. The molecular weight excluding hydrogens is 172 g/mol. The normalized spacial score (nSPS) is 13.8. The molecule has 0 bridgehead atoms. The first kappa shape index (κ1) is 11.9. The van der Waals surface area contributed by atoms with Crippen molar-refractivity contribution in [2.24, 2.45) is 11.3 Å². The minimum Gasteiger partial charge on any atom is -0.481 e. The van der Waals surface area contributed by atoms with Crippen molar-refractivity contribution in [2.45, 2.75) is 33.6 Å². The molecule has 0 aromatic carbocycles. The molecule has 0 saturated carbocycles. The van der Waals surface area contributed by atoms with Crippen LogP contribution < -0.4 is 0 Å². The molecule has 13 heavy (non-hydrogen) atoms. The molecular formula is C9H16O4. The summed E-state index contributed by atoms with van der Waals surface area (Å²) in [5, 5.41) is 17.2. The maximum absolute atomic E-state index is 10.7. The van der Waals surface area contributed by atoms with E-state index in [-0.39, 0.29) is 12.3 Å². The summed E-state index contributed by atoms with van der Waals surface area (Å²) in [6.07, 6.45) is 0.408. The minimum absolute atomic E-state index is 0.0245. The Morgan fingerprint density at radius 2 is 1.77 bits per heavy atom. The topological polar surface area (TPSA) is 74.6 Å².